The Labute approximate surface area is 245 Å². The van der Waals surface area contributed by atoms with Gasteiger partial charge in [0.2, 0.25) is 6.58 Å². The van der Waals surface area contributed by atoms with E-state index in [2.05, 4.69) is 126 Å². The predicted octanol–water partition coefficient (Wildman–Crippen LogP) is 9.14. The first kappa shape index (κ1) is 30.9. The molecule has 0 nitrogen and oxygen atoms in total. The van der Waals surface area contributed by atoms with Crippen LogP contribution < -0.4 is 10.6 Å². The van der Waals surface area contributed by atoms with Crippen molar-refractivity contribution in [3.8, 4) is 0 Å². The third kappa shape index (κ3) is 7.60. The largest absolute Gasteiger partial charge is 0.296 e. The molecule has 37 heavy (non-hydrogen) atoms. The number of allylic oxidation sites excluding steroid dienone is 3. The van der Waals surface area contributed by atoms with Gasteiger partial charge in [-0.25, -0.2) is 5.73 Å². The van der Waals surface area contributed by atoms with Crippen LogP contribution in [0.2, 0.25) is 0 Å². The first-order valence-corrected chi connectivity index (χ1v) is 14.8. The van der Waals surface area contributed by atoms with Crippen LogP contribution in [-0.4, -0.2) is 23.9 Å². The van der Waals surface area contributed by atoms with Crippen LogP contribution in [0.1, 0.15) is 77.4 Å². The fraction of sp³-hybridized carbons (Fsp3) is 0.257. The topological polar surface area (TPSA) is 0 Å². The molecule has 0 bridgehead atoms. The van der Waals surface area contributed by atoms with Crippen molar-refractivity contribution >= 4 is 41.8 Å². The van der Waals surface area contributed by atoms with Crippen LogP contribution in [-0.2, 0) is 0 Å². The maximum atomic E-state index is 6.21. The first-order valence-electron chi connectivity index (χ1n) is 12.9. The molecule has 0 fully saturated rings. The van der Waals surface area contributed by atoms with Crippen LogP contribution in [0.15, 0.2) is 108 Å². The van der Waals surface area contributed by atoms with Gasteiger partial charge in [0.15, 0.2) is 7.26 Å². The van der Waals surface area contributed by atoms with Crippen molar-refractivity contribution in [2.45, 2.75) is 59.3 Å². The van der Waals surface area contributed by atoms with Crippen LogP contribution in [0.25, 0.3) is 0 Å². The number of hydrogen-bond donors (Lipinski definition) is 0. The smallest absolute Gasteiger partial charge is 0.239 e. The van der Waals surface area contributed by atoms with E-state index in [9.17, 15) is 0 Å². The zero-order chi connectivity index (χ0) is 26.1. The summed E-state index contributed by atoms with van der Waals surface area (Å²) in [5, 5.41) is 3.66. The van der Waals surface area contributed by atoms with E-state index >= 15 is 0 Å². The number of benzene rings is 3. The molecule has 5 radical (unpaired) electrons. The number of hydrogen-bond acceptors (Lipinski definition) is 0. The van der Waals surface area contributed by atoms with Gasteiger partial charge < -0.3 is 0 Å². The van der Waals surface area contributed by atoms with Crippen molar-refractivity contribution in [3.63, 3.8) is 0 Å². The van der Waals surface area contributed by atoms with Crippen LogP contribution in [0.4, 0.5) is 0 Å². The van der Waals surface area contributed by atoms with Gasteiger partial charge in [-0.1, -0.05) is 90.1 Å². The Morgan fingerprint density at radius 2 is 1.27 bits per heavy atom. The maximum Gasteiger partial charge on any atom is 0.296 e. The van der Waals surface area contributed by atoms with Crippen molar-refractivity contribution in [2.24, 2.45) is 0 Å². The summed E-state index contributed by atoms with van der Waals surface area (Å²) in [6, 6.07) is 29.1. The van der Waals surface area contributed by atoms with Crippen molar-refractivity contribution in [1.82, 2.24) is 0 Å². The van der Waals surface area contributed by atoms with E-state index in [1.807, 2.05) is 30.4 Å². The van der Waals surface area contributed by atoms with Crippen molar-refractivity contribution in [1.29, 1.82) is 0 Å². The van der Waals surface area contributed by atoms with Crippen LogP contribution in [0.3, 0.4) is 0 Å². The van der Waals surface area contributed by atoms with Gasteiger partial charge in [0, 0.05) is 30.6 Å². The molecule has 0 atom stereocenters. The molecule has 2 heteroatoms. The molecule has 0 N–H and O–H groups in total. The van der Waals surface area contributed by atoms with Gasteiger partial charge in [0.1, 0.15) is 10.6 Å². The van der Waals surface area contributed by atoms with Crippen LogP contribution in [0.5, 0.6) is 0 Å². The minimum absolute atomic E-state index is 0. The van der Waals surface area contributed by atoms with Crippen LogP contribution in [0, 0.1) is 19.1 Å². The van der Waals surface area contributed by atoms with Gasteiger partial charge in [0.25, 0.3) is 5.82 Å². The second kappa shape index (κ2) is 14.6. The molecule has 0 spiro atoms. The summed E-state index contributed by atoms with van der Waals surface area (Å²) >= 11 is 0. The van der Waals surface area contributed by atoms with E-state index in [1.165, 1.54) is 27.3 Å². The zero-order valence-corrected chi connectivity index (χ0v) is 26.8. The molecular formula is C35H41PSn+. The maximum absolute atomic E-state index is 6.21. The molecule has 0 amide bonds. The first-order chi connectivity index (χ1) is 17.3. The molecule has 0 saturated carbocycles. The molecule has 1 aliphatic carbocycles. The van der Waals surface area contributed by atoms with E-state index in [4.69, 9.17) is 6.58 Å². The molecule has 0 aromatic heterocycles. The Kier molecular flexibility index (Phi) is 12.2. The SMILES string of the molecule is CC(C)c1[c]c(C(C)C)cc(C(C)C)c1.[CH+]=C[P+](C1=C=C[CH-]C=C1)(c1ccccc1)c1ccccc1.[HH].[Sn]. The fourth-order valence-corrected chi connectivity index (χ4v) is 7.45. The molecule has 3 aromatic rings. The molecule has 1 aliphatic rings. The average Bonchev–Trinajstić information content (AvgIpc) is 2.91. The Bertz CT molecular complexity index is 1130. The van der Waals surface area contributed by atoms with E-state index in [0.29, 0.717) is 17.8 Å². The molecule has 0 unspecified atom stereocenters. The van der Waals surface area contributed by atoms with Gasteiger partial charge in [0.05, 0.1) is 0 Å². The summed E-state index contributed by atoms with van der Waals surface area (Å²) in [7, 11) is -1.94. The third-order valence-corrected chi connectivity index (χ3v) is 10.2. The fourth-order valence-electron chi connectivity index (χ4n) is 4.20. The normalized spacial score (nSPS) is 12.4. The molecule has 189 valence electrons. The standard InChI is InChI=1S/C20H16P.C15H23.Sn.H2/c1-2-21(18-12-6-3-7-13-18,19-14-8-4-9-15-19)20-16-10-5-11-17-20;1-10(2)13-7-14(11(3)4)9-15(8-13)12(5)6;;/h1-16H;7-8,10-12H,1-6H3;;1H/q+1;;;. The van der Waals surface area contributed by atoms with Gasteiger partial charge >= 0.3 is 0 Å². The van der Waals surface area contributed by atoms with Gasteiger partial charge in [-0.05, 0) is 64.8 Å². The third-order valence-electron chi connectivity index (χ3n) is 6.47. The number of rotatable bonds is 7. The summed E-state index contributed by atoms with van der Waals surface area (Å²) in [5.74, 6) is 3.63. The predicted molar refractivity (Wildman–Crippen MR) is 168 cm³/mol. The zero-order valence-electron chi connectivity index (χ0n) is 23.1. The molecule has 4 rings (SSSR count). The van der Waals surface area contributed by atoms with Crippen molar-refractivity contribution < 1.29 is 1.43 Å². The Hall–Kier alpha value is -2.33. The Balaban J connectivity index is 0.000000381. The Morgan fingerprint density at radius 3 is 1.62 bits per heavy atom. The quantitative estimate of drug-likeness (QED) is 0.108. The summed E-state index contributed by atoms with van der Waals surface area (Å²) in [5.41, 5.74) is 7.54. The van der Waals surface area contributed by atoms with Crippen molar-refractivity contribution in [3.05, 3.63) is 144 Å². The molecule has 3 aromatic carbocycles. The molecular weight excluding hydrogens is 570 g/mol. The van der Waals surface area contributed by atoms with Gasteiger partial charge in [-0.3, -0.25) is 0 Å². The second-order valence-electron chi connectivity index (χ2n) is 10.1. The minimum atomic E-state index is -1.94. The Morgan fingerprint density at radius 1 is 0.784 bits per heavy atom. The van der Waals surface area contributed by atoms with Gasteiger partial charge in [-0.2, -0.15) is 12.5 Å². The molecule has 0 saturated heterocycles. The van der Waals surface area contributed by atoms with E-state index in [0.717, 1.165) is 5.31 Å². The summed E-state index contributed by atoms with van der Waals surface area (Å²) in [4.78, 5) is 0. The summed E-state index contributed by atoms with van der Waals surface area (Å²) < 4.78 is 0. The second-order valence-corrected chi connectivity index (χ2v) is 13.3. The summed E-state index contributed by atoms with van der Waals surface area (Å²) in [6.07, 6.45) is 8.12. The average molecular weight is 611 g/mol. The van der Waals surface area contributed by atoms with Crippen LogP contribution >= 0.6 is 7.26 Å². The van der Waals surface area contributed by atoms with Crippen molar-refractivity contribution in [2.75, 3.05) is 0 Å². The monoisotopic (exact) mass is 612 g/mol. The summed E-state index contributed by atoms with van der Waals surface area (Å²) in [6.45, 7) is 19.7. The van der Waals surface area contributed by atoms with E-state index in [1.54, 1.807) is 0 Å². The molecule has 0 aliphatic heterocycles. The minimum Gasteiger partial charge on any atom is -0.239 e. The van der Waals surface area contributed by atoms with E-state index < -0.39 is 7.26 Å². The molecule has 0 heterocycles. The van der Waals surface area contributed by atoms with Gasteiger partial charge in [-0.15, -0.1) is 12.2 Å². The van der Waals surface area contributed by atoms with E-state index in [-0.39, 0.29) is 25.3 Å².